The van der Waals surface area contributed by atoms with Crippen molar-refractivity contribution < 1.29 is 4.79 Å². The minimum atomic E-state index is -0.0587. The number of rotatable bonds is 3. The van der Waals surface area contributed by atoms with Crippen LogP contribution < -0.4 is 11.1 Å². The largest absolute Gasteiger partial charge is 0.399 e. The van der Waals surface area contributed by atoms with Crippen LogP contribution in [0, 0.1) is 5.41 Å². The summed E-state index contributed by atoms with van der Waals surface area (Å²) in [4.78, 5) is 11.7. The second-order valence-corrected chi connectivity index (χ2v) is 5.19. The highest BCUT2D eigenvalue weighted by atomic mass is 16.1. The Balaban J connectivity index is 2.47. The third-order valence-electron chi connectivity index (χ3n) is 2.31. The van der Waals surface area contributed by atoms with Crippen LogP contribution in [0.3, 0.4) is 0 Å². The first-order valence-corrected chi connectivity index (χ1v) is 5.52. The molecule has 16 heavy (non-hydrogen) atoms. The first-order valence-electron chi connectivity index (χ1n) is 5.52. The zero-order chi connectivity index (χ0) is 12.2. The number of anilines is 1. The number of nitrogens with one attached hydrogen (secondary N) is 1. The van der Waals surface area contributed by atoms with Crippen molar-refractivity contribution >= 4 is 11.6 Å². The number of benzene rings is 1. The van der Waals surface area contributed by atoms with E-state index in [4.69, 9.17) is 5.73 Å². The van der Waals surface area contributed by atoms with Gasteiger partial charge in [0.05, 0.1) is 0 Å². The Kier molecular flexibility index (Phi) is 3.93. The van der Waals surface area contributed by atoms with Gasteiger partial charge in [0.25, 0.3) is 5.91 Å². The van der Waals surface area contributed by atoms with Gasteiger partial charge in [0.15, 0.2) is 0 Å². The average molecular weight is 220 g/mol. The molecule has 0 spiro atoms. The number of hydrogen-bond donors (Lipinski definition) is 2. The Labute approximate surface area is 97.0 Å². The number of nitrogen functional groups attached to an aromatic ring is 1. The van der Waals surface area contributed by atoms with E-state index in [9.17, 15) is 4.79 Å². The molecule has 0 aliphatic heterocycles. The van der Waals surface area contributed by atoms with Gasteiger partial charge in [-0.25, -0.2) is 0 Å². The normalized spacial score (nSPS) is 11.2. The van der Waals surface area contributed by atoms with Gasteiger partial charge in [-0.05, 0) is 30.0 Å². The Morgan fingerprint density at radius 3 is 2.62 bits per heavy atom. The van der Waals surface area contributed by atoms with E-state index in [0.717, 1.165) is 6.42 Å². The van der Waals surface area contributed by atoms with Crippen molar-refractivity contribution in [2.75, 3.05) is 12.3 Å². The maximum atomic E-state index is 11.7. The van der Waals surface area contributed by atoms with E-state index < -0.39 is 0 Å². The Bertz CT molecular complexity index is 366. The van der Waals surface area contributed by atoms with E-state index in [1.165, 1.54) is 0 Å². The van der Waals surface area contributed by atoms with Crippen molar-refractivity contribution in [3.8, 4) is 0 Å². The summed E-state index contributed by atoms with van der Waals surface area (Å²) in [5.74, 6) is -0.0587. The Morgan fingerprint density at radius 1 is 1.38 bits per heavy atom. The molecule has 3 heteroatoms. The maximum absolute atomic E-state index is 11.7. The molecule has 3 N–H and O–H groups in total. The van der Waals surface area contributed by atoms with Crippen LogP contribution in [0.5, 0.6) is 0 Å². The fourth-order valence-corrected chi connectivity index (χ4v) is 1.33. The van der Waals surface area contributed by atoms with E-state index in [-0.39, 0.29) is 11.3 Å². The molecule has 0 saturated carbocycles. The number of carbonyl (C=O) groups is 1. The topological polar surface area (TPSA) is 55.1 Å². The molecule has 0 aliphatic rings. The van der Waals surface area contributed by atoms with Crippen LogP contribution in [0.1, 0.15) is 37.6 Å². The van der Waals surface area contributed by atoms with Gasteiger partial charge in [-0.2, -0.15) is 0 Å². The van der Waals surface area contributed by atoms with E-state index in [1.54, 1.807) is 24.3 Å². The highest BCUT2D eigenvalue weighted by molar-refractivity contribution is 5.94. The number of nitrogens with two attached hydrogens (primary N) is 1. The van der Waals surface area contributed by atoms with Crippen molar-refractivity contribution in [3.63, 3.8) is 0 Å². The summed E-state index contributed by atoms with van der Waals surface area (Å²) < 4.78 is 0. The summed E-state index contributed by atoms with van der Waals surface area (Å²) in [6.45, 7) is 7.15. The number of amides is 1. The SMILES string of the molecule is CC(C)(C)CCNC(=O)c1cccc(N)c1. The smallest absolute Gasteiger partial charge is 0.251 e. The lowest BCUT2D eigenvalue weighted by Gasteiger charge is -2.18. The van der Waals surface area contributed by atoms with Crippen LogP contribution in [0.25, 0.3) is 0 Å². The minimum absolute atomic E-state index is 0.0587. The Hall–Kier alpha value is -1.51. The molecule has 1 rings (SSSR count). The zero-order valence-corrected chi connectivity index (χ0v) is 10.2. The summed E-state index contributed by atoms with van der Waals surface area (Å²) in [6, 6.07) is 7.01. The second kappa shape index (κ2) is 5.01. The van der Waals surface area contributed by atoms with Crippen LogP contribution in [-0.4, -0.2) is 12.5 Å². The summed E-state index contributed by atoms with van der Waals surface area (Å²) in [7, 11) is 0. The standard InChI is InChI=1S/C13H20N2O/c1-13(2,3)7-8-15-12(16)10-5-4-6-11(14)9-10/h4-6,9H,7-8,14H2,1-3H3,(H,15,16). The third kappa shape index (κ3) is 4.34. The molecule has 1 aromatic carbocycles. The van der Waals surface area contributed by atoms with Crippen LogP contribution in [0.15, 0.2) is 24.3 Å². The highest BCUT2D eigenvalue weighted by Crippen LogP contribution is 2.17. The van der Waals surface area contributed by atoms with E-state index >= 15 is 0 Å². The molecule has 0 aromatic heterocycles. The van der Waals surface area contributed by atoms with Gasteiger partial charge in [0.1, 0.15) is 0 Å². The van der Waals surface area contributed by atoms with Gasteiger partial charge in [0, 0.05) is 17.8 Å². The molecule has 0 fully saturated rings. The molecule has 0 saturated heterocycles. The monoisotopic (exact) mass is 220 g/mol. The highest BCUT2D eigenvalue weighted by Gasteiger charge is 2.11. The van der Waals surface area contributed by atoms with Crippen molar-refractivity contribution in [2.45, 2.75) is 27.2 Å². The number of hydrogen-bond acceptors (Lipinski definition) is 2. The van der Waals surface area contributed by atoms with E-state index in [2.05, 4.69) is 26.1 Å². The van der Waals surface area contributed by atoms with Gasteiger partial charge in [0.2, 0.25) is 0 Å². The van der Waals surface area contributed by atoms with E-state index in [0.29, 0.717) is 17.8 Å². The first-order chi connectivity index (χ1) is 7.38. The van der Waals surface area contributed by atoms with E-state index in [1.807, 2.05) is 0 Å². The van der Waals surface area contributed by atoms with Crippen molar-refractivity contribution in [1.29, 1.82) is 0 Å². The lowest BCUT2D eigenvalue weighted by molar-refractivity contribution is 0.0949. The predicted octanol–water partition coefficient (Wildman–Crippen LogP) is 2.43. The van der Waals surface area contributed by atoms with Crippen LogP contribution in [0.4, 0.5) is 5.69 Å². The number of carbonyl (C=O) groups excluding carboxylic acids is 1. The van der Waals surface area contributed by atoms with Crippen molar-refractivity contribution in [3.05, 3.63) is 29.8 Å². The second-order valence-electron chi connectivity index (χ2n) is 5.19. The molecule has 0 atom stereocenters. The van der Waals surface area contributed by atoms with Crippen LogP contribution >= 0.6 is 0 Å². The molecule has 3 nitrogen and oxygen atoms in total. The molecular formula is C13H20N2O. The molecule has 0 bridgehead atoms. The summed E-state index contributed by atoms with van der Waals surface area (Å²) >= 11 is 0. The Morgan fingerprint density at radius 2 is 2.06 bits per heavy atom. The van der Waals surface area contributed by atoms with Gasteiger partial charge in [-0.1, -0.05) is 26.8 Å². The molecule has 0 radical (unpaired) electrons. The minimum Gasteiger partial charge on any atom is -0.399 e. The van der Waals surface area contributed by atoms with Crippen LogP contribution in [0.2, 0.25) is 0 Å². The predicted molar refractivity (Wildman–Crippen MR) is 67.3 cm³/mol. The third-order valence-corrected chi connectivity index (χ3v) is 2.31. The lowest BCUT2D eigenvalue weighted by Crippen LogP contribution is -2.27. The zero-order valence-electron chi connectivity index (χ0n) is 10.2. The van der Waals surface area contributed by atoms with Gasteiger partial charge in [-0.15, -0.1) is 0 Å². The van der Waals surface area contributed by atoms with Gasteiger partial charge in [-0.3, -0.25) is 4.79 Å². The quantitative estimate of drug-likeness (QED) is 0.769. The summed E-state index contributed by atoms with van der Waals surface area (Å²) in [5, 5.41) is 2.89. The molecular weight excluding hydrogens is 200 g/mol. The molecule has 1 amide bonds. The fourth-order valence-electron chi connectivity index (χ4n) is 1.33. The molecule has 88 valence electrons. The molecule has 0 unspecified atom stereocenters. The molecule has 0 heterocycles. The fraction of sp³-hybridized carbons (Fsp3) is 0.462. The lowest BCUT2D eigenvalue weighted by atomic mass is 9.92. The average Bonchev–Trinajstić information content (AvgIpc) is 2.15. The summed E-state index contributed by atoms with van der Waals surface area (Å²) in [6.07, 6.45) is 0.959. The first kappa shape index (κ1) is 12.6. The van der Waals surface area contributed by atoms with Crippen molar-refractivity contribution in [2.24, 2.45) is 5.41 Å². The molecule has 0 aliphatic carbocycles. The van der Waals surface area contributed by atoms with Crippen LogP contribution in [-0.2, 0) is 0 Å². The maximum Gasteiger partial charge on any atom is 0.251 e. The van der Waals surface area contributed by atoms with Crippen molar-refractivity contribution in [1.82, 2.24) is 5.32 Å². The van der Waals surface area contributed by atoms with Gasteiger partial charge < -0.3 is 11.1 Å². The summed E-state index contributed by atoms with van der Waals surface area (Å²) in [5.41, 5.74) is 7.09. The molecule has 1 aromatic rings. The van der Waals surface area contributed by atoms with Gasteiger partial charge >= 0.3 is 0 Å².